The Hall–Kier alpha value is -0.620. The van der Waals surface area contributed by atoms with Crippen molar-refractivity contribution in [2.24, 2.45) is 5.92 Å². The molecular weight excluding hydrogens is 218 g/mol. The van der Waals surface area contributed by atoms with Gasteiger partial charge >= 0.3 is 5.97 Å². The first-order valence-electron chi connectivity index (χ1n) is 5.06. The van der Waals surface area contributed by atoms with E-state index in [1.807, 2.05) is 6.92 Å². The molecule has 0 aromatic rings. The van der Waals surface area contributed by atoms with Gasteiger partial charge in [-0.3, -0.25) is 4.79 Å². The van der Waals surface area contributed by atoms with Crippen LogP contribution in [-0.4, -0.2) is 42.6 Å². The predicted molar refractivity (Wildman–Crippen MR) is 56.0 cm³/mol. The molecule has 0 radical (unpaired) electrons. The third-order valence-corrected chi connectivity index (χ3v) is 4.24. The van der Waals surface area contributed by atoms with E-state index in [1.165, 1.54) is 10.6 Å². The largest absolute Gasteiger partial charge is 0.481 e. The highest BCUT2D eigenvalue weighted by molar-refractivity contribution is 7.88. The first kappa shape index (κ1) is 12.4. The van der Waals surface area contributed by atoms with Crippen LogP contribution in [0.4, 0.5) is 0 Å². The molecule has 0 amide bonds. The highest BCUT2D eigenvalue weighted by Gasteiger charge is 2.35. The summed E-state index contributed by atoms with van der Waals surface area (Å²) < 4.78 is 24.2. The number of hydrogen-bond donors (Lipinski definition) is 1. The molecule has 5 nitrogen and oxygen atoms in total. The van der Waals surface area contributed by atoms with Crippen LogP contribution >= 0.6 is 0 Å². The molecule has 0 spiro atoms. The molecule has 0 bridgehead atoms. The molecule has 1 saturated heterocycles. The Bertz CT molecular complexity index is 338. The van der Waals surface area contributed by atoms with Crippen LogP contribution in [0.2, 0.25) is 0 Å². The molecule has 1 fully saturated rings. The lowest BCUT2D eigenvalue weighted by Gasteiger charge is -2.35. The maximum Gasteiger partial charge on any atom is 0.306 e. The zero-order valence-electron chi connectivity index (χ0n) is 9.01. The molecule has 0 saturated carbocycles. The summed E-state index contributed by atoms with van der Waals surface area (Å²) in [6.07, 6.45) is 2.69. The minimum Gasteiger partial charge on any atom is -0.481 e. The molecule has 15 heavy (non-hydrogen) atoms. The van der Waals surface area contributed by atoms with Crippen LogP contribution in [0.5, 0.6) is 0 Å². The Morgan fingerprint density at radius 3 is 2.53 bits per heavy atom. The number of hydrogen-bond acceptors (Lipinski definition) is 3. The fourth-order valence-corrected chi connectivity index (χ4v) is 3.27. The van der Waals surface area contributed by atoms with Crippen LogP contribution in [0.3, 0.4) is 0 Å². The van der Waals surface area contributed by atoms with Crippen molar-refractivity contribution in [3.05, 3.63) is 0 Å². The normalized spacial score (nSPS) is 28.9. The number of carboxylic acid groups (broad SMARTS) is 1. The second-order valence-electron chi connectivity index (χ2n) is 4.00. The zero-order valence-corrected chi connectivity index (χ0v) is 9.83. The van der Waals surface area contributed by atoms with Crippen molar-refractivity contribution >= 4 is 16.0 Å². The van der Waals surface area contributed by atoms with Crippen LogP contribution in [0, 0.1) is 5.92 Å². The SMILES string of the molecule is CCC1CC(C(=O)O)CCN1S(C)(=O)=O. The van der Waals surface area contributed by atoms with Gasteiger partial charge in [-0.15, -0.1) is 0 Å². The summed E-state index contributed by atoms with van der Waals surface area (Å²) in [5.41, 5.74) is 0. The molecular formula is C9H17NO4S. The molecule has 0 aromatic carbocycles. The fourth-order valence-electron chi connectivity index (χ4n) is 2.06. The van der Waals surface area contributed by atoms with Crippen LogP contribution in [0.25, 0.3) is 0 Å². The van der Waals surface area contributed by atoms with Gasteiger partial charge < -0.3 is 5.11 Å². The van der Waals surface area contributed by atoms with Gasteiger partial charge in [0.05, 0.1) is 12.2 Å². The van der Waals surface area contributed by atoms with E-state index in [0.717, 1.165) is 0 Å². The minimum absolute atomic E-state index is 0.158. The van der Waals surface area contributed by atoms with Crippen molar-refractivity contribution in [3.63, 3.8) is 0 Å². The molecule has 1 rings (SSSR count). The number of rotatable bonds is 3. The van der Waals surface area contributed by atoms with Gasteiger partial charge in [-0.2, -0.15) is 4.31 Å². The van der Waals surface area contributed by atoms with Crippen molar-refractivity contribution in [3.8, 4) is 0 Å². The Labute approximate surface area is 90.1 Å². The molecule has 1 heterocycles. The Balaban J connectivity index is 2.78. The second kappa shape index (κ2) is 4.49. The van der Waals surface area contributed by atoms with E-state index in [2.05, 4.69) is 0 Å². The summed E-state index contributed by atoms with van der Waals surface area (Å²) in [6, 6.07) is -0.158. The van der Waals surface area contributed by atoms with Gasteiger partial charge in [0.25, 0.3) is 0 Å². The van der Waals surface area contributed by atoms with Gasteiger partial charge in [0.2, 0.25) is 10.0 Å². The molecule has 2 unspecified atom stereocenters. The number of carboxylic acids is 1. The standard InChI is InChI=1S/C9H17NO4S/c1-3-8-6-7(9(11)12)4-5-10(8)15(2,13)14/h7-8H,3-6H2,1-2H3,(H,11,12). The van der Waals surface area contributed by atoms with E-state index in [9.17, 15) is 13.2 Å². The fraction of sp³-hybridized carbons (Fsp3) is 0.889. The maximum absolute atomic E-state index is 11.4. The Morgan fingerprint density at radius 1 is 1.53 bits per heavy atom. The van der Waals surface area contributed by atoms with E-state index < -0.39 is 21.9 Å². The maximum atomic E-state index is 11.4. The summed E-state index contributed by atoms with van der Waals surface area (Å²) in [7, 11) is -3.20. The van der Waals surface area contributed by atoms with Gasteiger partial charge in [0, 0.05) is 12.6 Å². The predicted octanol–water partition coefficient (Wildman–Crippen LogP) is 0.521. The van der Waals surface area contributed by atoms with E-state index >= 15 is 0 Å². The third-order valence-electron chi connectivity index (χ3n) is 2.91. The molecule has 0 aliphatic carbocycles. The molecule has 88 valence electrons. The van der Waals surface area contributed by atoms with E-state index in [1.54, 1.807) is 0 Å². The average molecular weight is 235 g/mol. The van der Waals surface area contributed by atoms with Crippen LogP contribution in [0.15, 0.2) is 0 Å². The van der Waals surface area contributed by atoms with Crippen molar-refractivity contribution in [1.82, 2.24) is 4.31 Å². The number of nitrogens with zero attached hydrogens (tertiary/aromatic N) is 1. The number of sulfonamides is 1. The van der Waals surface area contributed by atoms with Gasteiger partial charge in [-0.1, -0.05) is 6.92 Å². The Morgan fingerprint density at radius 2 is 2.13 bits per heavy atom. The first-order chi connectivity index (χ1) is 6.86. The van der Waals surface area contributed by atoms with Gasteiger partial charge in [-0.05, 0) is 19.3 Å². The highest BCUT2D eigenvalue weighted by Crippen LogP contribution is 2.26. The summed E-state index contributed by atoms with van der Waals surface area (Å²) >= 11 is 0. The van der Waals surface area contributed by atoms with Gasteiger partial charge in [-0.25, -0.2) is 8.42 Å². The molecule has 2 atom stereocenters. The van der Waals surface area contributed by atoms with Crippen LogP contribution in [-0.2, 0) is 14.8 Å². The van der Waals surface area contributed by atoms with Gasteiger partial charge in [0.15, 0.2) is 0 Å². The number of piperidine rings is 1. The van der Waals surface area contributed by atoms with Crippen molar-refractivity contribution in [1.29, 1.82) is 0 Å². The molecule has 0 aromatic heterocycles. The van der Waals surface area contributed by atoms with Gasteiger partial charge in [0.1, 0.15) is 0 Å². The van der Waals surface area contributed by atoms with Crippen molar-refractivity contribution in [2.45, 2.75) is 32.2 Å². The molecule has 1 N–H and O–H groups in total. The first-order valence-corrected chi connectivity index (χ1v) is 6.90. The van der Waals surface area contributed by atoms with E-state index in [0.29, 0.717) is 25.8 Å². The smallest absolute Gasteiger partial charge is 0.306 e. The summed E-state index contributed by atoms with van der Waals surface area (Å²) in [5.74, 6) is -1.21. The summed E-state index contributed by atoms with van der Waals surface area (Å²) in [4.78, 5) is 10.8. The lowest BCUT2D eigenvalue weighted by atomic mass is 9.91. The monoisotopic (exact) mass is 235 g/mol. The molecule has 1 aliphatic rings. The quantitative estimate of drug-likeness (QED) is 0.774. The van der Waals surface area contributed by atoms with Crippen molar-refractivity contribution in [2.75, 3.05) is 12.8 Å². The van der Waals surface area contributed by atoms with Crippen molar-refractivity contribution < 1.29 is 18.3 Å². The van der Waals surface area contributed by atoms with Crippen LogP contribution in [0.1, 0.15) is 26.2 Å². The lowest BCUT2D eigenvalue weighted by molar-refractivity contribution is -0.143. The number of aliphatic carboxylic acids is 1. The van der Waals surface area contributed by atoms with Crippen LogP contribution < -0.4 is 0 Å². The topological polar surface area (TPSA) is 74.7 Å². The number of carbonyl (C=O) groups is 1. The molecule has 6 heteroatoms. The zero-order chi connectivity index (χ0) is 11.6. The summed E-state index contributed by atoms with van der Waals surface area (Å²) in [6.45, 7) is 2.21. The summed E-state index contributed by atoms with van der Waals surface area (Å²) in [5, 5.41) is 8.87. The van der Waals surface area contributed by atoms with E-state index in [-0.39, 0.29) is 6.04 Å². The minimum atomic E-state index is -3.20. The third kappa shape index (κ3) is 2.92. The average Bonchev–Trinajstić information content (AvgIpc) is 2.15. The lowest BCUT2D eigenvalue weighted by Crippen LogP contribution is -2.46. The highest BCUT2D eigenvalue weighted by atomic mass is 32.2. The molecule has 1 aliphatic heterocycles. The Kier molecular flexibility index (Phi) is 3.72. The second-order valence-corrected chi connectivity index (χ2v) is 5.93. The van der Waals surface area contributed by atoms with E-state index in [4.69, 9.17) is 5.11 Å².